The van der Waals surface area contributed by atoms with E-state index in [9.17, 15) is 10.1 Å². The number of carbonyl (C=O) groups is 1. The zero-order valence-electron chi connectivity index (χ0n) is 18.6. The predicted octanol–water partition coefficient (Wildman–Crippen LogP) is 6.55. The average Bonchev–Trinajstić information content (AvgIpc) is 2.71. The molecule has 1 aliphatic heterocycles. The lowest BCUT2D eigenvalue weighted by molar-refractivity contribution is -0.118. The molecule has 32 heavy (non-hydrogen) atoms. The van der Waals surface area contributed by atoms with E-state index in [1.54, 1.807) is 17.0 Å². The minimum Gasteiger partial charge on any atom is -0.384 e. The van der Waals surface area contributed by atoms with E-state index in [4.69, 9.17) is 28.9 Å². The number of hydrogen-bond donors (Lipinski definition) is 1. The maximum atomic E-state index is 13.6. The summed E-state index contributed by atoms with van der Waals surface area (Å²) in [5.41, 5.74) is 11.8. The fourth-order valence-corrected chi connectivity index (χ4v) is 5.21. The lowest BCUT2D eigenvalue weighted by Gasteiger charge is -2.44. The zero-order valence-corrected chi connectivity index (χ0v) is 20.1. The summed E-state index contributed by atoms with van der Waals surface area (Å²) < 4.78 is 0. The van der Waals surface area contributed by atoms with E-state index in [1.807, 2.05) is 38.1 Å². The molecule has 0 saturated heterocycles. The maximum absolute atomic E-state index is 13.6. The molecule has 0 fully saturated rings. The van der Waals surface area contributed by atoms with Gasteiger partial charge in [-0.25, -0.2) is 0 Å². The third kappa shape index (κ3) is 3.60. The second-order valence-corrected chi connectivity index (χ2v) is 10.2. The molecule has 2 aliphatic rings. The Morgan fingerprint density at radius 3 is 2.56 bits per heavy atom. The summed E-state index contributed by atoms with van der Waals surface area (Å²) in [6.45, 7) is 8.14. The van der Waals surface area contributed by atoms with Crippen LogP contribution in [-0.2, 0) is 4.79 Å². The fourth-order valence-electron chi connectivity index (χ4n) is 4.83. The summed E-state index contributed by atoms with van der Waals surface area (Å²) >= 11 is 12.9. The summed E-state index contributed by atoms with van der Waals surface area (Å²) in [4.78, 5) is 15.4. The number of carbonyl (C=O) groups excluding carboxylic acids is 1. The quantitative estimate of drug-likeness (QED) is 0.545. The van der Waals surface area contributed by atoms with Gasteiger partial charge in [0.15, 0.2) is 5.78 Å². The Kier molecular flexibility index (Phi) is 5.61. The molecule has 1 unspecified atom stereocenters. The highest BCUT2D eigenvalue weighted by atomic mass is 35.5. The predicted molar refractivity (Wildman–Crippen MR) is 129 cm³/mol. The molecule has 1 aliphatic carbocycles. The SMILES string of the molecule is Cc1ccc(C)c(C2C(C#N)=C(N)N(c3cccc(Cl)c3Cl)C3=C2C(=O)CC(C)(C)C3)c1. The van der Waals surface area contributed by atoms with Crippen molar-refractivity contribution < 1.29 is 4.79 Å². The lowest BCUT2D eigenvalue weighted by Crippen LogP contribution is -2.42. The van der Waals surface area contributed by atoms with Crippen LogP contribution in [0.1, 0.15) is 49.3 Å². The molecule has 1 atom stereocenters. The molecule has 164 valence electrons. The third-order valence-corrected chi connectivity index (χ3v) is 7.11. The van der Waals surface area contributed by atoms with Gasteiger partial charge in [-0.15, -0.1) is 0 Å². The number of benzene rings is 2. The molecule has 2 aromatic rings. The first-order valence-electron chi connectivity index (χ1n) is 10.5. The zero-order chi connectivity index (χ0) is 23.4. The Hall–Kier alpha value is -2.74. The van der Waals surface area contributed by atoms with Crippen LogP contribution in [0.15, 0.2) is 59.1 Å². The minimum atomic E-state index is -0.507. The summed E-state index contributed by atoms with van der Waals surface area (Å²) in [5, 5.41) is 10.9. The van der Waals surface area contributed by atoms with Gasteiger partial charge in [0.2, 0.25) is 0 Å². The maximum Gasteiger partial charge on any atom is 0.162 e. The Balaban J connectivity index is 2.07. The fraction of sp³-hybridized carbons (Fsp3) is 0.308. The molecule has 0 spiro atoms. The Morgan fingerprint density at radius 2 is 1.88 bits per heavy atom. The van der Waals surface area contributed by atoms with Gasteiger partial charge in [0, 0.05) is 17.7 Å². The van der Waals surface area contributed by atoms with Crippen LogP contribution < -0.4 is 10.6 Å². The molecule has 0 saturated carbocycles. The van der Waals surface area contributed by atoms with Crippen LogP contribution in [0.5, 0.6) is 0 Å². The summed E-state index contributed by atoms with van der Waals surface area (Å²) in [5.74, 6) is -0.190. The minimum absolute atomic E-state index is 0.0329. The number of ketones is 1. The summed E-state index contributed by atoms with van der Waals surface area (Å²) in [6.07, 6.45) is 1.03. The van der Waals surface area contributed by atoms with Gasteiger partial charge in [-0.1, -0.05) is 66.9 Å². The van der Waals surface area contributed by atoms with Crippen LogP contribution >= 0.6 is 23.2 Å². The molecule has 0 amide bonds. The summed E-state index contributed by atoms with van der Waals surface area (Å²) in [7, 11) is 0. The van der Waals surface area contributed by atoms with Crippen molar-refractivity contribution in [1.29, 1.82) is 5.26 Å². The molecule has 4 nitrogen and oxygen atoms in total. The smallest absolute Gasteiger partial charge is 0.162 e. The van der Waals surface area contributed by atoms with Crippen LogP contribution in [-0.4, -0.2) is 5.78 Å². The van der Waals surface area contributed by atoms with Crippen LogP contribution in [0.2, 0.25) is 10.0 Å². The van der Waals surface area contributed by atoms with E-state index in [2.05, 4.69) is 19.9 Å². The highest BCUT2D eigenvalue weighted by Gasteiger charge is 2.45. The number of hydrogen-bond acceptors (Lipinski definition) is 4. The summed E-state index contributed by atoms with van der Waals surface area (Å²) in [6, 6.07) is 13.7. The van der Waals surface area contributed by atoms with E-state index < -0.39 is 5.92 Å². The Morgan fingerprint density at radius 1 is 1.16 bits per heavy atom. The highest BCUT2D eigenvalue weighted by Crippen LogP contribution is 2.51. The number of anilines is 1. The van der Waals surface area contributed by atoms with Gasteiger partial charge in [0.1, 0.15) is 5.82 Å². The number of nitrogens with two attached hydrogens (primary N) is 1. The third-order valence-electron chi connectivity index (χ3n) is 6.30. The van der Waals surface area contributed by atoms with E-state index in [1.165, 1.54) is 0 Å². The monoisotopic (exact) mass is 465 g/mol. The van der Waals surface area contributed by atoms with Crippen molar-refractivity contribution in [3.63, 3.8) is 0 Å². The van der Waals surface area contributed by atoms with Gasteiger partial charge in [0.05, 0.1) is 33.3 Å². The number of Topliss-reactive ketones (excluding diaryl/α,β-unsaturated/α-hetero) is 1. The normalized spacial score (nSPS) is 20.3. The lowest BCUT2D eigenvalue weighted by atomic mass is 9.68. The largest absolute Gasteiger partial charge is 0.384 e. The van der Waals surface area contributed by atoms with Gasteiger partial charge in [-0.3, -0.25) is 9.69 Å². The number of allylic oxidation sites excluding steroid dienone is 3. The van der Waals surface area contributed by atoms with Gasteiger partial charge >= 0.3 is 0 Å². The second kappa shape index (κ2) is 7.99. The Bertz CT molecular complexity index is 1250. The van der Waals surface area contributed by atoms with E-state index in [0.717, 1.165) is 22.4 Å². The molecule has 1 heterocycles. The van der Waals surface area contributed by atoms with Crippen molar-refractivity contribution in [3.05, 3.63) is 85.8 Å². The topological polar surface area (TPSA) is 70.1 Å². The number of nitrogens with zero attached hydrogens (tertiary/aromatic N) is 2. The first-order chi connectivity index (χ1) is 15.1. The molecular weight excluding hydrogens is 441 g/mol. The van der Waals surface area contributed by atoms with E-state index in [0.29, 0.717) is 39.7 Å². The molecular formula is C26H25Cl2N3O. The van der Waals surface area contributed by atoms with Crippen molar-refractivity contribution in [3.8, 4) is 6.07 Å². The first-order valence-corrected chi connectivity index (χ1v) is 11.3. The van der Waals surface area contributed by atoms with Crippen LogP contribution in [0.4, 0.5) is 5.69 Å². The van der Waals surface area contributed by atoms with Gasteiger partial charge in [-0.2, -0.15) is 5.26 Å². The van der Waals surface area contributed by atoms with E-state index in [-0.39, 0.29) is 17.0 Å². The molecule has 2 aromatic carbocycles. The number of aryl methyl sites for hydroxylation is 2. The number of nitriles is 1. The van der Waals surface area contributed by atoms with Crippen molar-refractivity contribution in [2.45, 2.75) is 46.5 Å². The number of rotatable bonds is 2. The van der Waals surface area contributed by atoms with Crippen LogP contribution in [0.3, 0.4) is 0 Å². The van der Waals surface area contributed by atoms with Crippen molar-refractivity contribution >= 4 is 34.7 Å². The van der Waals surface area contributed by atoms with Gasteiger partial charge in [-0.05, 0) is 48.9 Å². The molecule has 0 bridgehead atoms. The molecule has 0 aromatic heterocycles. The van der Waals surface area contributed by atoms with Crippen LogP contribution in [0.25, 0.3) is 0 Å². The molecule has 2 N–H and O–H groups in total. The standard InChI is InChI=1S/C26H25Cl2N3O/c1-14-8-9-15(2)16(10-14)22-17(13-29)25(30)31(19-7-5-6-18(27)24(19)28)20-11-26(3,4)12-21(32)23(20)22/h5-10,22H,11-12,30H2,1-4H3. The van der Waals surface area contributed by atoms with Gasteiger partial charge < -0.3 is 5.73 Å². The molecule has 4 rings (SSSR count). The second-order valence-electron chi connectivity index (χ2n) is 9.41. The molecule has 6 heteroatoms. The van der Waals surface area contributed by atoms with Crippen molar-refractivity contribution in [2.75, 3.05) is 4.90 Å². The average molecular weight is 466 g/mol. The Labute approximate surface area is 198 Å². The van der Waals surface area contributed by atoms with Crippen molar-refractivity contribution in [1.82, 2.24) is 0 Å². The first kappa shape index (κ1) is 22.5. The number of halogens is 2. The molecule has 0 radical (unpaired) electrons. The van der Waals surface area contributed by atoms with Crippen LogP contribution in [0, 0.1) is 30.6 Å². The van der Waals surface area contributed by atoms with Gasteiger partial charge in [0.25, 0.3) is 0 Å². The van der Waals surface area contributed by atoms with Crippen molar-refractivity contribution in [2.24, 2.45) is 11.1 Å². The highest BCUT2D eigenvalue weighted by molar-refractivity contribution is 6.43. The van der Waals surface area contributed by atoms with E-state index >= 15 is 0 Å².